The molecule has 0 aliphatic heterocycles. The molecule has 0 aliphatic carbocycles. The molecule has 0 aromatic heterocycles. The minimum Gasteiger partial charge on any atom is -0.427 e. The second kappa shape index (κ2) is 7.59. The van der Waals surface area contributed by atoms with E-state index in [1.807, 2.05) is 24.3 Å². The number of hydrogen-bond donors (Lipinski definition) is 0. The van der Waals surface area contributed by atoms with Gasteiger partial charge in [0.05, 0.1) is 0 Å². The Balaban J connectivity index is 2.11. The molecule has 2 aromatic carbocycles. The molecule has 1 unspecified atom stereocenters. The summed E-state index contributed by atoms with van der Waals surface area (Å²) < 4.78 is 10.1. The zero-order valence-electron chi connectivity index (χ0n) is 14.0. The predicted molar refractivity (Wildman–Crippen MR) is 93.0 cm³/mol. The van der Waals surface area contributed by atoms with Crippen molar-refractivity contribution in [2.24, 2.45) is 0 Å². The Morgan fingerprint density at radius 2 is 1.25 bits per heavy atom. The molecule has 0 saturated heterocycles. The number of esters is 2. The molecule has 24 heavy (non-hydrogen) atoms. The molecule has 0 radical (unpaired) electrons. The first kappa shape index (κ1) is 17.5. The summed E-state index contributed by atoms with van der Waals surface area (Å²) in [6.07, 6.45) is 0. The number of carbonyl (C=O) groups excluding carboxylic acids is 2. The molecule has 0 saturated carbocycles. The van der Waals surface area contributed by atoms with Gasteiger partial charge in [0, 0.05) is 19.8 Å². The average molecular weight is 324 g/mol. The van der Waals surface area contributed by atoms with Crippen molar-refractivity contribution >= 4 is 17.5 Å². The predicted octanol–water partition coefficient (Wildman–Crippen LogP) is 4.35. The number of hydrogen-bond acceptors (Lipinski definition) is 4. The molecule has 0 spiro atoms. The van der Waals surface area contributed by atoms with Crippen LogP contribution in [-0.4, -0.2) is 11.9 Å². The van der Waals surface area contributed by atoms with Crippen LogP contribution in [0.3, 0.4) is 0 Å². The van der Waals surface area contributed by atoms with Crippen LogP contribution in [0.2, 0.25) is 0 Å². The standard InChI is InChI=1S/C20H20O4/c1-13(17-5-9-19(10-6-17)23-15(3)21)14(2)18-7-11-20(12-8-18)24-16(4)22/h5-12,14H,1H2,2-4H3. The first-order valence-corrected chi connectivity index (χ1v) is 7.63. The van der Waals surface area contributed by atoms with Crippen LogP contribution in [-0.2, 0) is 9.59 Å². The van der Waals surface area contributed by atoms with Gasteiger partial charge < -0.3 is 9.47 Å². The number of carbonyl (C=O) groups is 2. The molecule has 0 fully saturated rings. The van der Waals surface area contributed by atoms with E-state index in [0.717, 1.165) is 16.7 Å². The van der Waals surface area contributed by atoms with Gasteiger partial charge in [-0.05, 0) is 41.0 Å². The van der Waals surface area contributed by atoms with E-state index >= 15 is 0 Å². The smallest absolute Gasteiger partial charge is 0.308 e. The second-order valence-electron chi connectivity index (χ2n) is 5.53. The second-order valence-corrected chi connectivity index (χ2v) is 5.53. The molecule has 1 atom stereocenters. The van der Waals surface area contributed by atoms with Crippen molar-refractivity contribution < 1.29 is 19.1 Å². The summed E-state index contributed by atoms with van der Waals surface area (Å²) in [6, 6.07) is 14.6. The lowest BCUT2D eigenvalue weighted by Gasteiger charge is -2.16. The Morgan fingerprint density at radius 3 is 1.67 bits per heavy atom. The fraction of sp³-hybridized carbons (Fsp3) is 0.200. The molecule has 2 aromatic rings. The lowest BCUT2D eigenvalue weighted by molar-refractivity contribution is -0.132. The first-order chi connectivity index (χ1) is 11.4. The molecular formula is C20H20O4. The Labute approximate surface area is 141 Å². The van der Waals surface area contributed by atoms with Crippen LogP contribution in [0.4, 0.5) is 0 Å². The van der Waals surface area contributed by atoms with E-state index in [-0.39, 0.29) is 17.9 Å². The zero-order chi connectivity index (χ0) is 17.7. The molecule has 124 valence electrons. The Bertz CT molecular complexity index is 742. The summed E-state index contributed by atoms with van der Waals surface area (Å²) in [5, 5.41) is 0. The number of rotatable bonds is 5. The third kappa shape index (κ3) is 4.56. The number of benzene rings is 2. The fourth-order valence-electron chi connectivity index (χ4n) is 2.34. The monoisotopic (exact) mass is 324 g/mol. The van der Waals surface area contributed by atoms with Crippen molar-refractivity contribution in [2.75, 3.05) is 0 Å². The molecule has 0 aliphatic rings. The maximum atomic E-state index is 11.0. The highest BCUT2D eigenvalue weighted by molar-refractivity contribution is 5.72. The van der Waals surface area contributed by atoms with Crippen LogP contribution < -0.4 is 9.47 Å². The van der Waals surface area contributed by atoms with Crippen molar-refractivity contribution in [1.82, 2.24) is 0 Å². The quantitative estimate of drug-likeness (QED) is 0.606. The van der Waals surface area contributed by atoms with Gasteiger partial charge in [-0.2, -0.15) is 0 Å². The van der Waals surface area contributed by atoms with Crippen molar-refractivity contribution in [3.05, 3.63) is 66.2 Å². The van der Waals surface area contributed by atoms with Crippen molar-refractivity contribution in [3.8, 4) is 11.5 Å². The first-order valence-electron chi connectivity index (χ1n) is 7.63. The van der Waals surface area contributed by atoms with Gasteiger partial charge in [0.2, 0.25) is 0 Å². The third-order valence-corrected chi connectivity index (χ3v) is 3.65. The molecule has 4 nitrogen and oxygen atoms in total. The van der Waals surface area contributed by atoms with Crippen LogP contribution in [0.15, 0.2) is 55.1 Å². The van der Waals surface area contributed by atoms with Gasteiger partial charge in [-0.25, -0.2) is 0 Å². The molecular weight excluding hydrogens is 304 g/mol. The Kier molecular flexibility index (Phi) is 5.53. The van der Waals surface area contributed by atoms with E-state index in [4.69, 9.17) is 9.47 Å². The van der Waals surface area contributed by atoms with Crippen LogP contribution in [0.5, 0.6) is 11.5 Å². The number of allylic oxidation sites excluding steroid dienone is 1. The minimum absolute atomic E-state index is 0.0935. The van der Waals surface area contributed by atoms with E-state index in [0.29, 0.717) is 11.5 Å². The third-order valence-electron chi connectivity index (χ3n) is 3.65. The molecule has 2 rings (SSSR count). The van der Waals surface area contributed by atoms with Crippen LogP contribution >= 0.6 is 0 Å². The largest absolute Gasteiger partial charge is 0.427 e. The highest BCUT2D eigenvalue weighted by atomic mass is 16.5. The molecule has 0 amide bonds. The maximum Gasteiger partial charge on any atom is 0.308 e. The normalized spacial score (nSPS) is 11.5. The summed E-state index contributed by atoms with van der Waals surface area (Å²) >= 11 is 0. The summed E-state index contributed by atoms with van der Waals surface area (Å²) in [5.74, 6) is 0.444. The van der Waals surface area contributed by atoms with Gasteiger partial charge in [0.1, 0.15) is 11.5 Å². The van der Waals surface area contributed by atoms with Gasteiger partial charge in [-0.15, -0.1) is 0 Å². The Morgan fingerprint density at radius 1 is 0.833 bits per heavy atom. The van der Waals surface area contributed by atoms with Gasteiger partial charge in [0.15, 0.2) is 0 Å². The fourth-order valence-corrected chi connectivity index (χ4v) is 2.34. The van der Waals surface area contributed by atoms with Crippen LogP contribution in [0, 0.1) is 0 Å². The summed E-state index contributed by atoms with van der Waals surface area (Å²) in [5.41, 5.74) is 2.99. The molecule has 0 heterocycles. The van der Waals surface area contributed by atoms with E-state index in [1.54, 1.807) is 24.3 Å². The SMILES string of the molecule is C=C(c1ccc(OC(C)=O)cc1)C(C)c1ccc(OC(C)=O)cc1. The minimum atomic E-state index is -0.345. The topological polar surface area (TPSA) is 52.6 Å². The number of ether oxygens (including phenoxy) is 2. The maximum absolute atomic E-state index is 11.0. The summed E-state index contributed by atoms with van der Waals surface area (Å²) in [7, 11) is 0. The highest BCUT2D eigenvalue weighted by Gasteiger charge is 2.12. The highest BCUT2D eigenvalue weighted by Crippen LogP contribution is 2.32. The van der Waals surface area contributed by atoms with E-state index in [1.165, 1.54) is 13.8 Å². The lowest BCUT2D eigenvalue weighted by Crippen LogP contribution is -2.02. The van der Waals surface area contributed by atoms with Gasteiger partial charge >= 0.3 is 11.9 Å². The molecule has 0 bridgehead atoms. The summed E-state index contributed by atoms with van der Waals surface area (Å²) in [4.78, 5) is 21.9. The zero-order valence-corrected chi connectivity index (χ0v) is 14.0. The van der Waals surface area contributed by atoms with Gasteiger partial charge in [-0.1, -0.05) is 37.8 Å². The van der Waals surface area contributed by atoms with E-state index in [9.17, 15) is 9.59 Å². The van der Waals surface area contributed by atoms with Gasteiger partial charge in [-0.3, -0.25) is 9.59 Å². The molecule has 4 heteroatoms. The average Bonchev–Trinajstić information content (AvgIpc) is 2.54. The Hall–Kier alpha value is -2.88. The van der Waals surface area contributed by atoms with Crippen LogP contribution in [0.25, 0.3) is 5.57 Å². The lowest BCUT2D eigenvalue weighted by atomic mass is 9.89. The molecule has 0 N–H and O–H groups in total. The van der Waals surface area contributed by atoms with Crippen LogP contribution in [0.1, 0.15) is 37.8 Å². The van der Waals surface area contributed by atoms with E-state index < -0.39 is 0 Å². The van der Waals surface area contributed by atoms with Crippen molar-refractivity contribution in [2.45, 2.75) is 26.7 Å². The summed E-state index contributed by atoms with van der Waals surface area (Å²) in [6.45, 7) is 8.97. The van der Waals surface area contributed by atoms with Crippen molar-refractivity contribution in [1.29, 1.82) is 0 Å². The van der Waals surface area contributed by atoms with Gasteiger partial charge in [0.25, 0.3) is 0 Å². The van der Waals surface area contributed by atoms with Crippen molar-refractivity contribution in [3.63, 3.8) is 0 Å². The van der Waals surface area contributed by atoms with E-state index in [2.05, 4.69) is 13.5 Å².